The number of aliphatic carboxylic acids is 1. The lowest BCUT2D eigenvalue weighted by atomic mass is 9.76. The van der Waals surface area contributed by atoms with Crippen molar-refractivity contribution < 1.29 is 14.3 Å². The molecule has 2 aliphatic carbocycles. The van der Waals surface area contributed by atoms with Crippen LogP contribution in [0, 0.1) is 11.8 Å². The second-order valence-corrected chi connectivity index (χ2v) is 6.58. The second kappa shape index (κ2) is 6.22. The van der Waals surface area contributed by atoms with E-state index in [-0.39, 0.29) is 12.0 Å². The summed E-state index contributed by atoms with van der Waals surface area (Å²) in [4.78, 5) is 14.1. The summed E-state index contributed by atoms with van der Waals surface area (Å²) < 4.78 is 5.49. The zero-order valence-electron chi connectivity index (χ0n) is 12.7. The molecule has 2 saturated carbocycles. The average molecular weight is 291 g/mol. The molecule has 0 bridgehead atoms. The Labute approximate surface area is 126 Å². The zero-order chi connectivity index (χ0) is 14.8. The summed E-state index contributed by atoms with van der Waals surface area (Å²) in [5, 5.41) is 9.59. The first-order valence-electron chi connectivity index (χ1n) is 8.20. The van der Waals surface area contributed by atoms with Crippen LogP contribution >= 0.6 is 0 Å². The molecule has 0 radical (unpaired) electrons. The summed E-state index contributed by atoms with van der Waals surface area (Å²) in [6.07, 6.45) is 8.14. The number of carboxylic acid groups (broad SMARTS) is 1. The highest BCUT2D eigenvalue weighted by Crippen LogP contribution is 2.40. The Bertz CT molecular complexity index is 466. The molecule has 1 aromatic heterocycles. The smallest absolute Gasteiger partial charge is 0.308 e. The third-order valence-corrected chi connectivity index (χ3v) is 5.18. The molecule has 0 saturated heterocycles. The van der Waals surface area contributed by atoms with Gasteiger partial charge in [0, 0.05) is 12.1 Å². The summed E-state index contributed by atoms with van der Waals surface area (Å²) in [5.41, 5.74) is 0. The predicted octanol–water partition coefficient (Wildman–Crippen LogP) is 3.52. The van der Waals surface area contributed by atoms with Crippen molar-refractivity contribution in [3.8, 4) is 0 Å². The maximum absolute atomic E-state index is 11.7. The van der Waals surface area contributed by atoms with E-state index in [1.807, 2.05) is 12.1 Å². The molecular formula is C17H25NO3. The number of hydrogen-bond donors (Lipinski definition) is 1. The minimum Gasteiger partial charge on any atom is -0.481 e. The molecule has 3 rings (SSSR count). The van der Waals surface area contributed by atoms with E-state index in [0.717, 1.165) is 38.0 Å². The average Bonchev–Trinajstić information content (AvgIpc) is 3.20. The molecule has 21 heavy (non-hydrogen) atoms. The molecule has 1 heterocycles. The van der Waals surface area contributed by atoms with E-state index in [2.05, 4.69) is 11.8 Å². The van der Waals surface area contributed by atoms with Gasteiger partial charge in [0.15, 0.2) is 0 Å². The molecule has 0 aliphatic heterocycles. The lowest BCUT2D eigenvalue weighted by Gasteiger charge is -2.41. The summed E-state index contributed by atoms with van der Waals surface area (Å²) in [6.45, 7) is 2.97. The van der Waals surface area contributed by atoms with Crippen LogP contribution < -0.4 is 0 Å². The van der Waals surface area contributed by atoms with Crippen molar-refractivity contribution in [1.82, 2.24) is 4.90 Å². The molecule has 4 heteroatoms. The lowest BCUT2D eigenvalue weighted by molar-refractivity contribution is -0.146. The first-order chi connectivity index (χ1) is 10.2. The summed E-state index contributed by atoms with van der Waals surface area (Å²) in [6, 6.07) is 4.62. The van der Waals surface area contributed by atoms with Crippen molar-refractivity contribution in [2.24, 2.45) is 11.8 Å². The van der Waals surface area contributed by atoms with E-state index in [4.69, 9.17) is 4.42 Å². The number of carboxylic acids is 1. The second-order valence-electron chi connectivity index (χ2n) is 6.58. The molecule has 3 atom stereocenters. The highest BCUT2D eigenvalue weighted by atomic mass is 16.4. The molecule has 0 amide bonds. The lowest BCUT2D eigenvalue weighted by Crippen LogP contribution is -2.47. The summed E-state index contributed by atoms with van der Waals surface area (Å²) in [7, 11) is 0. The van der Waals surface area contributed by atoms with Crippen LogP contribution in [0.5, 0.6) is 0 Å². The van der Waals surface area contributed by atoms with Crippen LogP contribution in [-0.4, -0.2) is 28.1 Å². The predicted molar refractivity (Wildman–Crippen MR) is 79.8 cm³/mol. The Morgan fingerprint density at radius 2 is 2.19 bits per heavy atom. The van der Waals surface area contributed by atoms with Gasteiger partial charge in [0.2, 0.25) is 0 Å². The number of nitrogens with zero attached hydrogens (tertiary/aromatic N) is 1. The van der Waals surface area contributed by atoms with E-state index >= 15 is 0 Å². The van der Waals surface area contributed by atoms with E-state index in [9.17, 15) is 9.90 Å². The van der Waals surface area contributed by atoms with Crippen LogP contribution in [0.4, 0.5) is 0 Å². The summed E-state index contributed by atoms with van der Waals surface area (Å²) >= 11 is 0. The SMILES string of the molecule is CCC1CCC(C(=O)O)C(N(Cc2ccco2)C2CC2)C1. The largest absolute Gasteiger partial charge is 0.481 e. The minimum atomic E-state index is -0.625. The van der Waals surface area contributed by atoms with Crippen LogP contribution in [0.25, 0.3) is 0 Å². The summed E-state index contributed by atoms with van der Waals surface area (Å²) in [5.74, 6) is 0.774. The Hall–Kier alpha value is -1.29. The number of rotatable bonds is 6. The van der Waals surface area contributed by atoms with Crippen molar-refractivity contribution in [3.63, 3.8) is 0 Å². The fraction of sp³-hybridized carbons (Fsp3) is 0.706. The van der Waals surface area contributed by atoms with Gasteiger partial charge in [0.25, 0.3) is 0 Å². The van der Waals surface area contributed by atoms with Crippen molar-refractivity contribution >= 4 is 5.97 Å². The van der Waals surface area contributed by atoms with Crippen LogP contribution in [0.2, 0.25) is 0 Å². The monoisotopic (exact) mass is 291 g/mol. The van der Waals surface area contributed by atoms with Gasteiger partial charge in [0.05, 0.1) is 18.7 Å². The van der Waals surface area contributed by atoms with Gasteiger partial charge in [-0.05, 0) is 50.2 Å². The first-order valence-corrected chi connectivity index (χ1v) is 8.20. The highest BCUT2D eigenvalue weighted by Gasteiger charge is 2.43. The van der Waals surface area contributed by atoms with Crippen molar-refractivity contribution in [3.05, 3.63) is 24.2 Å². The van der Waals surface area contributed by atoms with Gasteiger partial charge in [-0.1, -0.05) is 13.3 Å². The molecule has 0 aromatic carbocycles. The van der Waals surface area contributed by atoms with Gasteiger partial charge in [0.1, 0.15) is 5.76 Å². The first kappa shape index (κ1) is 14.6. The van der Waals surface area contributed by atoms with E-state index in [0.29, 0.717) is 12.0 Å². The van der Waals surface area contributed by atoms with Crippen molar-refractivity contribution in [1.29, 1.82) is 0 Å². The standard InChI is InChI=1S/C17H25NO3/c1-2-12-5-8-15(17(19)20)16(10-12)18(13-6-7-13)11-14-4-3-9-21-14/h3-4,9,12-13,15-16H,2,5-8,10-11H2,1H3,(H,19,20). The van der Waals surface area contributed by atoms with E-state index in [1.165, 1.54) is 12.8 Å². The van der Waals surface area contributed by atoms with Gasteiger partial charge >= 0.3 is 5.97 Å². The molecule has 3 unspecified atom stereocenters. The molecule has 4 nitrogen and oxygen atoms in total. The Morgan fingerprint density at radius 1 is 1.38 bits per heavy atom. The third-order valence-electron chi connectivity index (χ3n) is 5.18. The Morgan fingerprint density at radius 3 is 2.76 bits per heavy atom. The minimum absolute atomic E-state index is 0.166. The van der Waals surface area contributed by atoms with Crippen LogP contribution in [0.3, 0.4) is 0 Å². The van der Waals surface area contributed by atoms with Crippen LogP contribution in [-0.2, 0) is 11.3 Å². The Balaban J connectivity index is 1.78. The molecule has 1 N–H and O–H groups in total. The molecule has 1 aromatic rings. The van der Waals surface area contributed by atoms with Crippen LogP contribution in [0.1, 0.15) is 51.2 Å². The molecule has 0 spiro atoms. The topological polar surface area (TPSA) is 53.7 Å². The fourth-order valence-corrected chi connectivity index (χ4v) is 3.76. The third kappa shape index (κ3) is 3.31. The zero-order valence-corrected chi connectivity index (χ0v) is 12.7. The number of hydrogen-bond acceptors (Lipinski definition) is 3. The maximum atomic E-state index is 11.7. The van der Waals surface area contributed by atoms with Gasteiger partial charge in [-0.2, -0.15) is 0 Å². The van der Waals surface area contributed by atoms with Gasteiger partial charge in [-0.15, -0.1) is 0 Å². The van der Waals surface area contributed by atoms with Gasteiger partial charge in [-0.3, -0.25) is 9.69 Å². The van der Waals surface area contributed by atoms with Crippen LogP contribution in [0.15, 0.2) is 22.8 Å². The highest BCUT2D eigenvalue weighted by molar-refractivity contribution is 5.71. The molecule has 116 valence electrons. The number of carbonyl (C=O) groups is 1. The van der Waals surface area contributed by atoms with Gasteiger partial charge in [-0.25, -0.2) is 0 Å². The number of furan rings is 1. The molecule has 2 fully saturated rings. The van der Waals surface area contributed by atoms with E-state index < -0.39 is 5.97 Å². The van der Waals surface area contributed by atoms with Crippen molar-refractivity contribution in [2.75, 3.05) is 0 Å². The molecule has 2 aliphatic rings. The molecular weight excluding hydrogens is 266 g/mol. The van der Waals surface area contributed by atoms with E-state index in [1.54, 1.807) is 6.26 Å². The quantitative estimate of drug-likeness (QED) is 0.871. The Kier molecular flexibility index (Phi) is 4.34. The fourth-order valence-electron chi connectivity index (χ4n) is 3.76. The van der Waals surface area contributed by atoms with Gasteiger partial charge < -0.3 is 9.52 Å². The maximum Gasteiger partial charge on any atom is 0.308 e. The normalized spacial score (nSPS) is 29.7. The van der Waals surface area contributed by atoms with Crippen molar-refractivity contribution in [2.45, 2.75) is 64.1 Å².